The van der Waals surface area contributed by atoms with Crippen LogP contribution in [0.15, 0.2) is 57.7 Å². The van der Waals surface area contributed by atoms with E-state index in [1.165, 1.54) is 12.1 Å². The lowest BCUT2D eigenvalue weighted by molar-refractivity contribution is -0.137. The van der Waals surface area contributed by atoms with Gasteiger partial charge in [-0.15, -0.1) is 0 Å². The van der Waals surface area contributed by atoms with Crippen molar-refractivity contribution in [3.05, 3.63) is 91.7 Å². The largest absolute Gasteiger partial charge is 0.476 e. The summed E-state index contributed by atoms with van der Waals surface area (Å²) >= 11 is 0. The molecule has 0 amide bonds. The number of carboxylic acids is 1. The molecule has 4 aromatic rings. The minimum Gasteiger partial charge on any atom is -0.476 e. The van der Waals surface area contributed by atoms with Crippen LogP contribution in [0, 0.1) is 0 Å². The van der Waals surface area contributed by atoms with E-state index in [9.17, 15) is 27.9 Å². The number of rotatable bonds is 8. The summed E-state index contributed by atoms with van der Waals surface area (Å²) in [6.45, 7) is 9.47. The average Bonchev–Trinajstić information content (AvgIpc) is 2.91. The normalized spacial score (nSPS) is 13.0. The third-order valence-corrected chi connectivity index (χ3v) is 6.62. The van der Waals surface area contributed by atoms with Crippen LogP contribution in [0.3, 0.4) is 0 Å². The van der Waals surface area contributed by atoms with Crippen LogP contribution in [-0.4, -0.2) is 16.1 Å². The van der Waals surface area contributed by atoms with Crippen LogP contribution < -0.4 is 21.2 Å². The molecule has 6 nitrogen and oxygen atoms in total. The van der Waals surface area contributed by atoms with Crippen LogP contribution in [0.25, 0.3) is 34.9 Å². The number of hydrogen-bond donors (Lipinski definition) is 2. The highest BCUT2D eigenvalue weighted by atomic mass is 19.4. The van der Waals surface area contributed by atoms with Gasteiger partial charge < -0.3 is 14.8 Å². The molecule has 0 aliphatic heterocycles. The van der Waals surface area contributed by atoms with E-state index in [2.05, 4.69) is 16.9 Å². The number of hydrogen-bond acceptors (Lipinski definition) is 5. The quantitative estimate of drug-likeness (QED) is 0.268. The Hall–Kier alpha value is -4.40. The van der Waals surface area contributed by atoms with E-state index in [1.54, 1.807) is 25.1 Å². The molecule has 4 rings (SSSR count). The topological polar surface area (TPSA) is 92.4 Å². The molecule has 0 aliphatic rings. The molecule has 2 heterocycles. The number of anilines is 1. The zero-order valence-corrected chi connectivity index (χ0v) is 22.4. The fourth-order valence-corrected chi connectivity index (χ4v) is 4.44. The summed E-state index contributed by atoms with van der Waals surface area (Å²) in [7, 11) is 0. The second-order valence-corrected chi connectivity index (χ2v) is 9.54. The molecule has 40 heavy (non-hydrogen) atoms. The van der Waals surface area contributed by atoms with Crippen LogP contribution >= 0.6 is 0 Å². The Kier molecular flexibility index (Phi) is 8.13. The van der Waals surface area contributed by atoms with Gasteiger partial charge in [0, 0.05) is 22.9 Å². The molecule has 0 bridgehead atoms. The molecule has 0 saturated carbocycles. The average molecular weight is 551 g/mol. The number of fused-ring (bicyclic) bond motifs is 1. The van der Waals surface area contributed by atoms with E-state index in [0.29, 0.717) is 17.7 Å². The van der Waals surface area contributed by atoms with Crippen molar-refractivity contribution in [2.24, 2.45) is 0 Å². The summed E-state index contributed by atoms with van der Waals surface area (Å²) in [6.07, 6.45) is -0.429. The summed E-state index contributed by atoms with van der Waals surface area (Å²) in [5, 5.41) is 14.1. The first kappa shape index (κ1) is 28.6. The number of benzene rings is 2. The van der Waals surface area contributed by atoms with Crippen molar-refractivity contribution in [2.75, 3.05) is 5.32 Å². The van der Waals surface area contributed by atoms with E-state index in [0.717, 1.165) is 35.4 Å². The van der Waals surface area contributed by atoms with E-state index >= 15 is 0 Å². The maximum absolute atomic E-state index is 13.8. The molecular weight excluding hydrogens is 521 g/mol. The molecule has 0 saturated heterocycles. The first-order chi connectivity index (χ1) is 18.9. The Balaban J connectivity index is 1.92. The number of halogens is 3. The van der Waals surface area contributed by atoms with Gasteiger partial charge in [0.15, 0.2) is 11.1 Å². The summed E-state index contributed by atoms with van der Waals surface area (Å²) in [5.41, 5.74) is -0.618. The van der Waals surface area contributed by atoms with Crippen LogP contribution in [0.1, 0.15) is 67.0 Å². The molecule has 0 aliphatic carbocycles. The summed E-state index contributed by atoms with van der Waals surface area (Å²) < 4.78 is 47.7. The minimum atomic E-state index is -4.72. The first-order valence-electron chi connectivity index (χ1n) is 12.9. The Bertz CT molecular complexity index is 1760. The number of carbonyl (C=O) groups is 1. The van der Waals surface area contributed by atoms with Crippen molar-refractivity contribution in [1.29, 1.82) is 0 Å². The van der Waals surface area contributed by atoms with Gasteiger partial charge in [0.25, 0.3) is 0 Å². The zero-order valence-electron chi connectivity index (χ0n) is 22.4. The van der Waals surface area contributed by atoms with Crippen molar-refractivity contribution in [1.82, 2.24) is 4.98 Å². The van der Waals surface area contributed by atoms with Crippen molar-refractivity contribution in [3.63, 3.8) is 0 Å². The van der Waals surface area contributed by atoms with Crippen LogP contribution in [-0.2, 0) is 12.6 Å². The molecule has 2 N–H and O–H groups in total. The lowest BCUT2D eigenvalue weighted by Crippen LogP contribution is -2.22. The molecule has 9 heteroatoms. The van der Waals surface area contributed by atoms with E-state index in [1.807, 2.05) is 26.0 Å². The summed E-state index contributed by atoms with van der Waals surface area (Å²) in [6, 6.07) is 10.5. The molecule has 2 aromatic heterocycles. The standard InChI is InChI=1S/C31H29F3N2O4/c1-5-7-8-19-13-20(10-9-17(19)3)27-16-26(37)24-15-21(31(32,33)34)14-23(29(24)40-27)18(4)35-25-12-11-22(6-2)36-28(25)30(38)39/h8-16,18,35H,3,5-7H2,1-2,4H3,(H,38,39)/b19-8-. The van der Waals surface area contributed by atoms with Crippen molar-refractivity contribution < 1.29 is 27.5 Å². The molecule has 0 fully saturated rings. The lowest BCUT2D eigenvalue weighted by atomic mass is 9.99. The van der Waals surface area contributed by atoms with Gasteiger partial charge in [-0.25, -0.2) is 9.78 Å². The van der Waals surface area contributed by atoms with Gasteiger partial charge in [0.1, 0.15) is 11.3 Å². The fraction of sp³-hybridized carbons (Fsp3) is 0.258. The van der Waals surface area contributed by atoms with Gasteiger partial charge in [-0.2, -0.15) is 13.2 Å². The number of pyridine rings is 1. The number of alkyl halides is 3. The second-order valence-electron chi connectivity index (χ2n) is 9.54. The molecule has 0 spiro atoms. The van der Waals surface area contributed by atoms with Crippen LogP contribution in [0.4, 0.5) is 18.9 Å². The predicted molar refractivity (Wildman–Crippen MR) is 150 cm³/mol. The Morgan fingerprint density at radius 3 is 2.55 bits per heavy atom. The minimum absolute atomic E-state index is 0.0247. The third-order valence-electron chi connectivity index (χ3n) is 6.62. The molecule has 1 unspecified atom stereocenters. The van der Waals surface area contributed by atoms with Crippen molar-refractivity contribution in [2.45, 2.75) is 52.3 Å². The molecule has 208 valence electrons. The first-order valence-corrected chi connectivity index (χ1v) is 12.9. The number of carboxylic acid groups (broad SMARTS) is 1. The molecular formula is C31H29F3N2O4. The summed E-state index contributed by atoms with van der Waals surface area (Å²) in [5.74, 6) is -1.09. The number of nitrogens with one attached hydrogen (secondary N) is 1. The highest BCUT2D eigenvalue weighted by molar-refractivity contribution is 5.92. The highest BCUT2D eigenvalue weighted by Gasteiger charge is 2.33. The number of unbranched alkanes of at least 4 members (excludes halogenated alkanes) is 1. The summed E-state index contributed by atoms with van der Waals surface area (Å²) in [4.78, 5) is 29.2. The van der Waals surface area contributed by atoms with Gasteiger partial charge in [-0.1, -0.05) is 45.1 Å². The SMILES string of the molecule is C=c1ccc(-c2cc(=O)c3cc(C(F)(F)F)cc(C(C)Nc4ccc(CC)nc4C(=O)O)c3o2)c/c1=C/CCC. The van der Waals surface area contributed by atoms with E-state index in [4.69, 9.17) is 4.42 Å². The predicted octanol–water partition coefficient (Wildman–Crippen LogP) is 6.30. The molecule has 0 radical (unpaired) electrons. The van der Waals surface area contributed by atoms with Gasteiger partial charge in [0.05, 0.1) is 22.7 Å². The van der Waals surface area contributed by atoms with Crippen LogP contribution in [0.5, 0.6) is 0 Å². The molecule has 1 atom stereocenters. The maximum Gasteiger partial charge on any atom is 0.416 e. The number of aromatic carboxylic acids is 1. The fourth-order valence-electron chi connectivity index (χ4n) is 4.44. The molecule has 2 aromatic carbocycles. The number of aryl methyl sites for hydroxylation is 1. The van der Waals surface area contributed by atoms with E-state index in [-0.39, 0.29) is 33.7 Å². The number of nitrogens with zero attached hydrogens (tertiary/aromatic N) is 1. The second kappa shape index (κ2) is 11.4. The van der Waals surface area contributed by atoms with Gasteiger partial charge in [-0.3, -0.25) is 4.79 Å². The highest BCUT2D eigenvalue weighted by Crippen LogP contribution is 2.36. The number of aromatic nitrogens is 1. The zero-order chi connectivity index (χ0) is 29.2. The van der Waals surface area contributed by atoms with Crippen LogP contribution in [0.2, 0.25) is 0 Å². The van der Waals surface area contributed by atoms with E-state index < -0.39 is 29.2 Å². The Labute approximate surface area is 228 Å². The van der Waals surface area contributed by atoms with Gasteiger partial charge in [-0.05, 0) is 60.5 Å². The van der Waals surface area contributed by atoms with Crippen molar-refractivity contribution >= 4 is 35.3 Å². The third kappa shape index (κ3) is 5.93. The van der Waals surface area contributed by atoms with Crippen molar-refractivity contribution in [3.8, 4) is 11.3 Å². The lowest BCUT2D eigenvalue weighted by Gasteiger charge is -2.20. The van der Waals surface area contributed by atoms with Gasteiger partial charge in [0.2, 0.25) is 0 Å². The Morgan fingerprint density at radius 2 is 1.90 bits per heavy atom. The van der Waals surface area contributed by atoms with Gasteiger partial charge >= 0.3 is 12.1 Å². The smallest absolute Gasteiger partial charge is 0.416 e. The maximum atomic E-state index is 13.8. The monoisotopic (exact) mass is 550 g/mol. The Morgan fingerprint density at radius 1 is 1.15 bits per heavy atom.